The Morgan fingerprint density at radius 2 is 1.79 bits per heavy atom. The number of amides is 2. The maximum atomic E-state index is 11.9. The Morgan fingerprint density at radius 3 is 2.39 bits per heavy atom. The van der Waals surface area contributed by atoms with Gasteiger partial charge in [0.25, 0.3) is 0 Å². The molecule has 1 heterocycles. The van der Waals surface area contributed by atoms with Gasteiger partial charge in [0, 0.05) is 18.4 Å². The molecule has 11 nitrogen and oxygen atoms in total. The molecule has 0 spiro atoms. The first-order valence-electron chi connectivity index (χ1n) is 8.89. The van der Waals surface area contributed by atoms with Gasteiger partial charge in [-0.2, -0.15) is 5.01 Å². The predicted molar refractivity (Wildman–Crippen MR) is 99.6 cm³/mol. The van der Waals surface area contributed by atoms with Gasteiger partial charge in [-0.1, -0.05) is 12.8 Å². The molecule has 0 saturated carbocycles. The summed E-state index contributed by atoms with van der Waals surface area (Å²) in [6.07, 6.45) is -6.34. The number of hydrogen-bond donors (Lipinski definition) is 5. The van der Waals surface area contributed by atoms with E-state index in [0.717, 1.165) is 19.3 Å². The molecule has 1 aliphatic heterocycles. The van der Waals surface area contributed by atoms with Crippen LogP contribution in [0.5, 0.6) is 0 Å². The lowest BCUT2D eigenvalue weighted by molar-refractivity contribution is -0.311. The quantitative estimate of drug-likeness (QED) is 0.0906. The zero-order chi connectivity index (χ0) is 21.1. The minimum Gasteiger partial charge on any atom is -0.387 e. The third kappa shape index (κ3) is 7.56. The number of alkyl halides is 2. The Kier molecular flexibility index (Phi) is 12.1. The lowest BCUT2D eigenvalue weighted by Crippen LogP contribution is -2.64. The van der Waals surface area contributed by atoms with Crippen LogP contribution in [-0.4, -0.2) is 93.3 Å². The van der Waals surface area contributed by atoms with Gasteiger partial charge in [-0.15, -0.1) is 28.1 Å². The molecule has 0 bridgehead atoms. The van der Waals surface area contributed by atoms with Crippen LogP contribution >= 0.6 is 23.2 Å². The molecule has 0 aromatic carbocycles. The molecule has 2 amide bonds. The SMILES string of the molecule is O=NN(CCCl)C(=O)NC(O)[C@H]1O[C@H](OCCCCCCCl)[C@H](O)[C@@H](O)[C@@H]1O. The van der Waals surface area contributed by atoms with Crippen molar-refractivity contribution in [3.63, 3.8) is 0 Å². The van der Waals surface area contributed by atoms with Gasteiger partial charge in [0.15, 0.2) is 12.5 Å². The first-order chi connectivity index (χ1) is 13.4. The molecule has 0 aromatic rings. The second kappa shape index (κ2) is 13.4. The third-order valence-electron chi connectivity index (χ3n) is 4.13. The first kappa shape index (κ1) is 25.2. The average molecular weight is 448 g/mol. The highest BCUT2D eigenvalue weighted by molar-refractivity contribution is 6.18. The van der Waals surface area contributed by atoms with E-state index in [1.54, 1.807) is 0 Å². The van der Waals surface area contributed by atoms with Crippen LogP contribution in [0.4, 0.5) is 4.79 Å². The fraction of sp³-hybridized carbons (Fsp3) is 0.933. The van der Waals surface area contributed by atoms with E-state index in [2.05, 4.69) is 5.29 Å². The highest BCUT2D eigenvalue weighted by Crippen LogP contribution is 2.24. The van der Waals surface area contributed by atoms with Crippen molar-refractivity contribution in [1.82, 2.24) is 10.3 Å². The maximum Gasteiger partial charge on any atom is 0.342 e. The van der Waals surface area contributed by atoms with E-state index in [4.69, 9.17) is 32.7 Å². The smallest absolute Gasteiger partial charge is 0.342 e. The van der Waals surface area contributed by atoms with E-state index in [1.807, 2.05) is 5.32 Å². The van der Waals surface area contributed by atoms with Gasteiger partial charge in [-0.25, -0.2) is 4.79 Å². The van der Waals surface area contributed by atoms with Crippen LogP contribution < -0.4 is 5.32 Å². The zero-order valence-electron chi connectivity index (χ0n) is 15.2. The molecular formula is C15H27Cl2N3O8. The second-order valence-electron chi connectivity index (χ2n) is 6.20. The minimum atomic E-state index is -1.82. The number of aliphatic hydroxyl groups is 4. The summed E-state index contributed by atoms with van der Waals surface area (Å²) in [5.41, 5.74) is 0. The van der Waals surface area contributed by atoms with Crippen molar-refractivity contribution in [2.75, 3.05) is 24.9 Å². The molecule has 6 atom stereocenters. The van der Waals surface area contributed by atoms with Crippen molar-refractivity contribution in [2.24, 2.45) is 5.29 Å². The predicted octanol–water partition coefficient (Wildman–Crippen LogP) is -0.140. The molecule has 1 fully saturated rings. The second-order valence-corrected chi connectivity index (χ2v) is 6.96. The van der Waals surface area contributed by atoms with Gasteiger partial charge in [-0.3, -0.25) is 0 Å². The first-order valence-corrected chi connectivity index (χ1v) is 9.96. The van der Waals surface area contributed by atoms with Crippen molar-refractivity contribution in [3.05, 3.63) is 4.91 Å². The van der Waals surface area contributed by atoms with Crippen LogP contribution in [0.1, 0.15) is 25.7 Å². The number of carbonyl (C=O) groups is 1. The van der Waals surface area contributed by atoms with Crippen molar-refractivity contribution < 1.29 is 34.7 Å². The Morgan fingerprint density at radius 1 is 1.11 bits per heavy atom. The van der Waals surface area contributed by atoms with Crippen molar-refractivity contribution in [3.8, 4) is 0 Å². The summed E-state index contributed by atoms with van der Waals surface area (Å²) in [7, 11) is 0. The molecule has 1 saturated heterocycles. The molecule has 28 heavy (non-hydrogen) atoms. The monoisotopic (exact) mass is 447 g/mol. The molecule has 1 aliphatic rings. The van der Waals surface area contributed by atoms with Gasteiger partial charge >= 0.3 is 6.03 Å². The number of unbranched alkanes of at least 4 members (excludes halogenated alkanes) is 3. The van der Waals surface area contributed by atoms with Crippen LogP contribution in [0.2, 0.25) is 0 Å². The van der Waals surface area contributed by atoms with E-state index >= 15 is 0 Å². The number of nitrogens with zero attached hydrogens (tertiary/aromatic N) is 2. The van der Waals surface area contributed by atoms with Gasteiger partial charge in [0.1, 0.15) is 24.4 Å². The summed E-state index contributed by atoms with van der Waals surface area (Å²) < 4.78 is 10.7. The number of carbonyl (C=O) groups excluding carboxylic acids is 1. The number of rotatable bonds is 12. The molecular weight excluding hydrogens is 421 g/mol. The normalized spacial score (nSPS) is 28.6. The van der Waals surface area contributed by atoms with Gasteiger partial charge in [-0.05, 0) is 12.8 Å². The fourth-order valence-electron chi connectivity index (χ4n) is 2.56. The fourth-order valence-corrected chi connectivity index (χ4v) is 2.91. The third-order valence-corrected chi connectivity index (χ3v) is 4.56. The molecule has 1 unspecified atom stereocenters. The molecule has 0 aromatic heterocycles. The zero-order valence-corrected chi connectivity index (χ0v) is 16.7. The topological polar surface area (TPSA) is 161 Å². The Balaban J connectivity index is 2.61. The summed E-state index contributed by atoms with van der Waals surface area (Å²) in [5.74, 6) is 0.506. The molecule has 164 valence electrons. The Labute approximate surface area is 172 Å². The largest absolute Gasteiger partial charge is 0.387 e. The molecule has 0 aliphatic carbocycles. The van der Waals surface area contributed by atoms with Gasteiger partial charge in [0.2, 0.25) is 0 Å². The van der Waals surface area contributed by atoms with Gasteiger partial charge in [0.05, 0.1) is 11.8 Å². The van der Waals surface area contributed by atoms with E-state index < -0.39 is 43.0 Å². The lowest BCUT2D eigenvalue weighted by Gasteiger charge is -2.41. The molecule has 5 N–H and O–H groups in total. The number of nitroso groups, excluding NO2 is 1. The highest BCUT2D eigenvalue weighted by atomic mass is 35.5. The van der Waals surface area contributed by atoms with Crippen LogP contribution in [0, 0.1) is 4.91 Å². The van der Waals surface area contributed by atoms with E-state index in [9.17, 15) is 30.1 Å². The molecule has 13 heteroatoms. The van der Waals surface area contributed by atoms with Crippen LogP contribution in [-0.2, 0) is 9.47 Å². The van der Waals surface area contributed by atoms with Crippen LogP contribution in [0.25, 0.3) is 0 Å². The van der Waals surface area contributed by atoms with E-state index in [1.165, 1.54) is 0 Å². The highest BCUT2D eigenvalue weighted by Gasteiger charge is 2.47. The minimum absolute atomic E-state index is 0.0660. The van der Waals surface area contributed by atoms with E-state index in [0.29, 0.717) is 17.3 Å². The summed E-state index contributed by atoms with van der Waals surface area (Å²) >= 11 is 11.0. The van der Waals surface area contributed by atoms with Crippen molar-refractivity contribution >= 4 is 29.2 Å². The number of ether oxygens (including phenoxy) is 2. The number of nitrogens with one attached hydrogen (secondary N) is 1. The summed E-state index contributed by atoms with van der Waals surface area (Å²) in [5, 5.41) is 45.1. The average Bonchev–Trinajstić information content (AvgIpc) is 2.68. The van der Waals surface area contributed by atoms with Crippen molar-refractivity contribution in [1.29, 1.82) is 0 Å². The van der Waals surface area contributed by atoms with Crippen LogP contribution in [0.15, 0.2) is 5.29 Å². The standard InChI is InChI=1S/C15H27Cl2N3O8/c16-5-3-1-2-4-8-27-14-11(23)9(21)10(22)12(28-14)13(24)18-15(25)20(19-26)7-6-17/h9-14,21-24H,1-8H2,(H,18,25)/t9-,10-,11+,12-,13?,14-/m0/s1. The number of hydrogen-bond acceptors (Lipinski definition) is 9. The summed E-state index contributed by atoms with van der Waals surface area (Å²) in [6, 6.07) is -1.07. The number of halogens is 2. The maximum absolute atomic E-state index is 11.9. The summed E-state index contributed by atoms with van der Waals surface area (Å²) in [4.78, 5) is 22.5. The van der Waals surface area contributed by atoms with Crippen molar-refractivity contribution in [2.45, 2.75) is 62.6 Å². The molecule has 0 radical (unpaired) electrons. The molecule has 1 rings (SSSR count). The van der Waals surface area contributed by atoms with Crippen LogP contribution in [0.3, 0.4) is 0 Å². The summed E-state index contributed by atoms with van der Waals surface area (Å²) in [6.45, 7) is 0.00897. The Hall–Kier alpha value is -0.790. The van der Waals surface area contributed by atoms with E-state index in [-0.39, 0.29) is 19.0 Å². The van der Waals surface area contributed by atoms with Gasteiger partial charge < -0.3 is 35.2 Å². The Bertz CT molecular complexity index is 479. The number of urea groups is 1. The number of aliphatic hydroxyl groups excluding tert-OH is 4. The lowest BCUT2D eigenvalue weighted by atomic mass is 9.98.